The molecule has 17 heteroatoms. The summed E-state index contributed by atoms with van der Waals surface area (Å²) in [6.07, 6.45) is -13.3. The molecule has 240 valence electrons. The van der Waals surface area contributed by atoms with E-state index in [9.17, 15) is 62.7 Å². The van der Waals surface area contributed by atoms with Crippen LogP contribution in [0.1, 0.15) is 38.5 Å². The van der Waals surface area contributed by atoms with Crippen LogP contribution in [-0.2, 0) is 28.6 Å². The molecule has 0 aromatic heterocycles. The van der Waals surface area contributed by atoms with Crippen LogP contribution >= 0.6 is 23.2 Å². The number of alkyl halides is 8. The van der Waals surface area contributed by atoms with Gasteiger partial charge >= 0.3 is 12.4 Å². The van der Waals surface area contributed by atoms with E-state index in [1.54, 1.807) is 0 Å². The fraction of sp³-hybridized carbons (Fsp3) is 0.250. The van der Waals surface area contributed by atoms with Crippen LogP contribution in [0.5, 0.6) is 0 Å². The second-order valence-corrected chi connectivity index (χ2v) is 11.3. The van der Waals surface area contributed by atoms with Crippen LogP contribution in [0, 0.1) is 35.0 Å². The van der Waals surface area contributed by atoms with Gasteiger partial charge in [0, 0.05) is 36.1 Å². The zero-order valence-electron chi connectivity index (χ0n) is 21.7. The summed E-state index contributed by atoms with van der Waals surface area (Å²) < 4.78 is 147. The number of carbonyl (C=O) groups excluding carboxylic acids is 3. The van der Waals surface area contributed by atoms with Gasteiger partial charge in [-0.3, -0.25) is 14.4 Å². The Balaban J connectivity index is 1.57. The van der Waals surface area contributed by atoms with Crippen molar-refractivity contribution in [2.24, 2.45) is 5.92 Å². The van der Waals surface area contributed by atoms with Crippen molar-refractivity contribution in [2.75, 3.05) is 5.32 Å². The summed E-state index contributed by atoms with van der Waals surface area (Å²) in [5, 5.41) is 2.06. The Bertz CT molecular complexity index is 1720. The molecule has 1 N–H and O–H groups in total. The lowest BCUT2D eigenvalue weighted by atomic mass is 9.97. The van der Waals surface area contributed by atoms with Crippen molar-refractivity contribution < 1.29 is 62.7 Å². The molecule has 3 aromatic rings. The van der Waals surface area contributed by atoms with Gasteiger partial charge in [0.1, 0.15) is 21.8 Å². The van der Waals surface area contributed by atoms with Gasteiger partial charge in [0.2, 0.25) is 11.7 Å². The van der Waals surface area contributed by atoms with Gasteiger partial charge < -0.3 is 5.32 Å². The van der Waals surface area contributed by atoms with Gasteiger partial charge in [0.15, 0.2) is 17.4 Å². The first-order valence-electron chi connectivity index (χ1n) is 12.3. The summed E-state index contributed by atoms with van der Waals surface area (Å²) >= 11 is 12.2. The fourth-order valence-electron chi connectivity index (χ4n) is 4.58. The summed E-state index contributed by atoms with van der Waals surface area (Å²) in [7, 11) is 0. The molecule has 1 fully saturated rings. The Hall–Kier alpha value is -3.72. The van der Waals surface area contributed by atoms with Gasteiger partial charge in [-0.25, -0.2) is 22.0 Å². The number of ketones is 2. The Morgan fingerprint density at radius 1 is 0.778 bits per heavy atom. The third-order valence-corrected chi connectivity index (χ3v) is 7.80. The maximum absolute atomic E-state index is 14.8. The predicted octanol–water partition coefficient (Wildman–Crippen LogP) is 8.03. The van der Waals surface area contributed by atoms with E-state index in [0.717, 1.165) is 6.07 Å². The number of hydrogen-bond donors (Lipinski definition) is 1. The molecule has 4 nitrogen and oxygen atoms in total. The monoisotopic (exact) mass is 691 g/mol. The highest BCUT2D eigenvalue weighted by atomic mass is 35.5. The summed E-state index contributed by atoms with van der Waals surface area (Å²) in [4.78, 5) is 36.9. The lowest BCUT2D eigenvalue weighted by Crippen LogP contribution is -2.25. The van der Waals surface area contributed by atoms with Gasteiger partial charge in [-0.05, 0) is 35.4 Å². The smallest absolute Gasteiger partial charge is 0.326 e. The zero-order chi connectivity index (χ0) is 33.8. The van der Waals surface area contributed by atoms with Gasteiger partial charge in [0.05, 0.1) is 17.0 Å². The Labute approximate surface area is 255 Å². The van der Waals surface area contributed by atoms with Crippen LogP contribution in [0.15, 0.2) is 42.5 Å². The highest BCUT2D eigenvalue weighted by molar-refractivity contribution is 6.53. The van der Waals surface area contributed by atoms with Gasteiger partial charge in [-0.2, -0.15) is 26.3 Å². The SMILES string of the molecule is O=C(Cc1c(F)ccc(CC(=O)C(F)(F)F)c1F)c1cc(NC(=O)[C@H]2[C@H](c3ccc(F)c(C(F)(F)F)c3)C2(Cl)Cl)cc(F)c1F. The lowest BCUT2D eigenvalue weighted by molar-refractivity contribution is -0.170. The molecule has 0 aliphatic heterocycles. The van der Waals surface area contributed by atoms with Crippen LogP contribution in [-0.4, -0.2) is 28.0 Å². The van der Waals surface area contributed by atoms with Crippen molar-refractivity contribution in [1.82, 2.24) is 0 Å². The van der Waals surface area contributed by atoms with Crippen LogP contribution in [0.4, 0.5) is 54.0 Å². The van der Waals surface area contributed by atoms with E-state index in [1.807, 2.05) is 0 Å². The number of nitrogens with one attached hydrogen (secondary N) is 1. The molecule has 1 saturated carbocycles. The zero-order valence-corrected chi connectivity index (χ0v) is 23.3. The van der Waals surface area contributed by atoms with Crippen LogP contribution in [0.2, 0.25) is 0 Å². The first-order chi connectivity index (χ1) is 20.6. The van der Waals surface area contributed by atoms with Crippen LogP contribution in [0.3, 0.4) is 0 Å². The molecule has 1 aliphatic rings. The summed E-state index contributed by atoms with van der Waals surface area (Å²) in [5.41, 5.74) is -5.82. The molecule has 2 atom stereocenters. The Morgan fingerprint density at radius 3 is 2.00 bits per heavy atom. The van der Waals surface area contributed by atoms with E-state index in [0.29, 0.717) is 36.4 Å². The molecule has 0 unspecified atom stereocenters. The van der Waals surface area contributed by atoms with E-state index in [2.05, 4.69) is 5.32 Å². The Morgan fingerprint density at radius 2 is 1.40 bits per heavy atom. The number of halogens is 13. The largest absolute Gasteiger partial charge is 0.450 e. The molecule has 0 bridgehead atoms. The molecule has 0 spiro atoms. The van der Waals surface area contributed by atoms with E-state index >= 15 is 0 Å². The molecule has 1 amide bonds. The van der Waals surface area contributed by atoms with Crippen molar-refractivity contribution >= 4 is 46.4 Å². The molecule has 0 saturated heterocycles. The molecular formula is C28H14Cl2F11NO3. The standard InChI is InChI=1S/C28H14Cl2F11NO3/c29-26(30)21(10-1-4-17(32)15(5-10)27(36,37)38)22(26)25(45)42-12-7-14(24(35)18(33)8-12)19(43)9-13-16(31)3-2-11(23(13)34)6-20(44)28(39,40)41/h1-5,7-8,21-22H,6,9H2,(H,42,45)/t21-,22+/m0/s1. The maximum Gasteiger partial charge on any atom is 0.450 e. The molecule has 4 rings (SSSR count). The third-order valence-electron chi connectivity index (χ3n) is 6.86. The van der Waals surface area contributed by atoms with E-state index in [4.69, 9.17) is 23.2 Å². The quantitative estimate of drug-likeness (QED) is 0.148. The van der Waals surface area contributed by atoms with Crippen LogP contribution < -0.4 is 5.32 Å². The Kier molecular flexibility index (Phi) is 9.03. The average Bonchev–Trinajstić information content (AvgIpc) is 3.50. The van der Waals surface area contributed by atoms with Crippen LogP contribution in [0.25, 0.3) is 0 Å². The predicted molar refractivity (Wildman–Crippen MR) is 136 cm³/mol. The van der Waals surface area contributed by atoms with Gasteiger partial charge in [0.25, 0.3) is 0 Å². The van der Waals surface area contributed by atoms with Crippen molar-refractivity contribution in [3.8, 4) is 0 Å². The van der Waals surface area contributed by atoms with Gasteiger partial charge in [-0.1, -0.05) is 12.1 Å². The number of anilines is 1. The highest BCUT2D eigenvalue weighted by Crippen LogP contribution is 2.65. The summed E-state index contributed by atoms with van der Waals surface area (Å²) in [6, 6.07) is 3.72. The molecule has 3 aromatic carbocycles. The summed E-state index contributed by atoms with van der Waals surface area (Å²) in [5.74, 6) is -16.2. The summed E-state index contributed by atoms with van der Waals surface area (Å²) in [6.45, 7) is 0. The topological polar surface area (TPSA) is 63.2 Å². The van der Waals surface area contributed by atoms with E-state index in [-0.39, 0.29) is 5.56 Å². The first-order valence-corrected chi connectivity index (χ1v) is 13.0. The maximum atomic E-state index is 14.8. The molecule has 0 radical (unpaired) electrons. The number of benzene rings is 3. The second kappa shape index (κ2) is 11.9. The number of hydrogen-bond acceptors (Lipinski definition) is 3. The van der Waals surface area contributed by atoms with Crippen molar-refractivity contribution in [2.45, 2.75) is 35.4 Å². The minimum atomic E-state index is -5.35. The number of Topliss-reactive ketones (excluding diaryl/α,β-unsaturated/α-hetero) is 2. The number of carbonyl (C=O) groups is 3. The normalized spacial score (nSPS) is 17.6. The molecular weight excluding hydrogens is 678 g/mol. The minimum Gasteiger partial charge on any atom is -0.326 e. The number of amides is 1. The van der Waals surface area contributed by atoms with E-state index < -0.39 is 116 Å². The van der Waals surface area contributed by atoms with Crippen molar-refractivity contribution in [1.29, 1.82) is 0 Å². The average molecular weight is 692 g/mol. The second-order valence-electron chi connectivity index (χ2n) is 9.87. The molecule has 45 heavy (non-hydrogen) atoms. The molecule has 0 heterocycles. The molecule has 1 aliphatic carbocycles. The van der Waals surface area contributed by atoms with E-state index in [1.165, 1.54) is 0 Å². The number of rotatable bonds is 8. The minimum absolute atomic E-state index is 0.279. The van der Waals surface area contributed by atoms with Gasteiger partial charge in [-0.15, -0.1) is 23.2 Å². The van der Waals surface area contributed by atoms with Crippen molar-refractivity contribution in [3.05, 3.63) is 99.4 Å². The fourth-order valence-corrected chi connectivity index (χ4v) is 5.41. The first kappa shape index (κ1) is 34.2. The highest BCUT2D eigenvalue weighted by Gasteiger charge is 2.67. The lowest BCUT2D eigenvalue weighted by Gasteiger charge is -2.12. The third kappa shape index (κ3) is 6.93. The van der Waals surface area contributed by atoms with Crippen molar-refractivity contribution in [3.63, 3.8) is 0 Å².